The van der Waals surface area contributed by atoms with Gasteiger partial charge in [-0.1, -0.05) is 30.3 Å². The van der Waals surface area contributed by atoms with Gasteiger partial charge in [-0.05, 0) is 23.8 Å². The number of guanidine groups is 1. The van der Waals surface area contributed by atoms with E-state index in [1.165, 1.54) is 13.2 Å². The zero-order valence-electron chi connectivity index (χ0n) is 16.4. The lowest BCUT2D eigenvalue weighted by molar-refractivity contribution is -0.0505. The number of hydrogen-bond donors (Lipinski definition) is 2. The molecule has 0 spiro atoms. The van der Waals surface area contributed by atoms with Crippen LogP contribution in [0.1, 0.15) is 11.1 Å². The Bertz CT molecular complexity index is 749. The molecule has 0 unspecified atom stereocenters. The van der Waals surface area contributed by atoms with Gasteiger partial charge in [0.1, 0.15) is 11.5 Å². The van der Waals surface area contributed by atoms with Crippen molar-refractivity contribution in [2.75, 3.05) is 27.3 Å². The van der Waals surface area contributed by atoms with Crippen LogP contribution in [0.5, 0.6) is 11.5 Å². The largest absolute Gasteiger partial charge is 0.497 e. The van der Waals surface area contributed by atoms with Gasteiger partial charge in [-0.25, -0.2) is 0 Å². The highest BCUT2D eigenvalue weighted by molar-refractivity contribution is 14.0. The van der Waals surface area contributed by atoms with Gasteiger partial charge in [0.15, 0.2) is 5.96 Å². The van der Waals surface area contributed by atoms with E-state index in [0.29, 0.717) is 37.0 Å². The molecule has 2 aromatic carbocycles. The molecule has 0 saturated heterocycles. The van der Waals surface area contributed by atoms with Crippen molar-refractivity contribution in [1.82, 2.24) is 10.6 Å². The average molecular weight is 521 g/mol. The van der Waals surface area contributed by atoms with Gasteiger partial charge in [-0.15, -0.1) is 24.0 Å². The summed E-state index contributed by atoms with van der Waals surface area (Å²) in [6.07, 6.45) is 0. The van der Waals surface area contributed by atoms with Crippen LogP contribution in [0, 0.1) is 0 Å². The van der Waals surface area contributed by atoms with Crippen LogP contribution in [0.3, 0.4) is 0 Å². The van der Waals surface area contributed by atoms with E-state index in [4.69, 9.17) is 9.47 Å². The molecule has 9 heteroatoms. The molecule has 0 fully saturated rings. The van der Waals surface area contributed by atoms with E-state index in [9.17, 15) is 8.78 Å². The molecule has 2 aromatic rings. The molecule has 29 heavy (non-hydrogen) atoms. The number of nitrogens with zero attached hydrogens (tertiary/aromatic N) is 1. The lowest BCUT2D eigenvalue weighted by Crippen LogP contribution is -2.38. The quantitative estimate of drug-likeness (QED) is 0.216. The van der Waals surface area contributed by atoms with Crippen LogP contribution in [0.2, 0.25) is 0 Å². The third-order valence-electron chi connectivity index (χ3n) is 3.80. The van der Waals surface area contributed by atoms with Crippen LogP contribution in [-0.2, 0) is 17.9 Å². The molecule has 160 valence electrons. The molecule has 0 aliphatic rings. The van der Waals surface area contributed by atoms with E-state index in [1.54, 1.807) is 19.2 Å². The molecule has 6 nitrogen and oxygen atoms in total. The third kappa shape index (κ3) is 9.27. The SMILES string of the molecule is CN=C(NCCOCc1ccccc1)NCc1cc(OC)ccc1OC(F)F.I. The third-order valence-corrected chi connectivity index (χ3v) is 3.80. The molecular formula is C20H26F2IN3O3. The second-order valence-electron chi connectivity index (χ2n) is 5.74. The average Bonchev–Trinajstić information content (AvgIpc) is 2.71. The van der Waals surface area contributed by atoms with E-state index in [0.717, 1.165) is 5.56 Å². The fourth-order valence-electron chi connectivity index (χ4n) is 2.44. The standard InChI is InChI=1S/C20H25F2N3O3.HI/c1-23-20(24-10-11-27-14-15-6-4-3-5-7-15)25-13-16-12-17(26-2)8-9-18(16)28-19(21)22;/h3-9,12,19H,10-11,13-14H2,1-2H3,(H2,23,24,25);1H. The molecule has 0 saturated carbocycles. The molecule has 0 aliphatic heterocycles. The number of benzene rings is 2. The summed E-state index contributed by atoms with van der Waals surface area (Å²) in [4.78, 5) is 4.11. The van der Waals surface area contributed by atoms with Gasteiger partial charge in [-0.2, -0.15) is 8.78 Å². The number of methoxy groups -OCH3 is 1. The summed E-state index contributed by atoms with van der Waals surface area (Å²) in [5.74, 6) is 1.16. The highest BCUT2D eigenvalue weighted by atomic mass is 127. The van der Waals surface area contributed by atoms with Gasteiger partial charge in [-0.3, -0.25) is 4.99 Å². The van der Waals surface area contributed by atoms with Crippen molar-refractivity contribution in [3.8, 4) is 11.5 Å². The maximum atomic E-state index is 12.6. The van der Waals surface area contributed by atoms with Crippen molar-refractivity contribution in [2.45, 2.75) is 19.8 Å². The van der Waals surface area contributed by atoms with Crippen molar-refractivity contribution in [1.29, 1.82) is 0 Å². The van der Waals surface area contributed by atoms with Gasteiger partial charge in [0.25, 0.3) is 0 Å². The van der Waals surface area contributed by atoms with Crippen LogP contribution in [-0.4, -0.2) is 39.9 Å². The van der Waals surface area contributed by atoms with Crippen LogP contribution >= 0.6 is 24.0 Å². The van der Waals surface area contributed by atoms with Crippen molar-refractivity contribution in [2.24, 2.45) is 4.99 Å². The fraction of sp³-hybridized carbons (Fsp3) is 0.350. The molecule has 2 rings (SSSR count). The first kappa shape index (κ1) is 24.9. The Kier molecular flexibility index (Phi) is 12.0. The summed E-state index contributed by atoms with van der Waals surface area (Å²) in [6.45, 7) is -1.08. The highest BCUT2D eigenvalue weighted by Gasteiger charge is 2.11. The second kappa shape index (κ2) is 13.9. The van der Waals surface area contributed by atoms with Gasteiger partial charge in [0.2, 0.25) is 0 Å². The Hall–Kier alpha value is -2.14. The number of aliphatic imine (C=N–C) groups is 1. The summed E-state index contributed by atoms with van der Waals surface area (Å²) >= 11 is 0. The van der Waals surface area contributed by atoms with Crippen LogP contribution in [0.25, 0.3) is 0 Å². The zero-order chi connectivity index (χ0) is 20.2. The molecule has 0 atom stereocenters. The topological polar surface area (TPSA) is 64.1 Å². The van der Waals surface area contributed by atoms with Gasteiger partial charge >= 0.3 is 6.61 Å². The summed E-state index contributed by atoms with van der Waals surface area (Å²) in [6, 6.07) is 14.6. The first-order valence-corrected chi connectivity index (χ1v) is 8.80. The number of halogens is 3. The summed E-state index contributed by atoms with van der Waals surface area (Å²) in [7, 11) is 3.14. The first-order valence-electron chi connectivity index (χ1n) is 8.80. The van der Waals surface area contributed by atoms with E-state index < -0.39 is 6.61 Å². The van der Waals surface area contributed by atoms with Crippen molar-refractivity contribution < 1.29 is 23.0 Å². The summed E-state index contributed by atoms with van der Waals surface area (Å²) in [5, 5.41) is 6.17. The number of alkyl halides is 2. The smallest absolute Gasteiger partial charge is 0.387 e. The minimum Gasteiger partial charge on any atom is -0.497 e. The summed E-state index contributed by atoms with van der Waals surface area (Å²) < 4.78 is 40.5. The Morgan fingerprint density at radius 2 is 1.86 bits per heavy atom. The van der Waals surface area contributed by atoms with E-state index in [1.807, 2.05) is 30.3 Å². The molecule has 0 amide bonds. The van der Waals surface area contributed by atoms with Gasteiger partial charge < -0.3 is 24.8 Å². The lowest BCUT2D eigenvalue weighted by atomic mass is 10.2. The summed E-state index contributed by atoms with van der Waals surface area (Å²) in [5.41, 5.74) is 1.64. The molecule has 0 heterocycles. The van der Waals surface area contributed by atoms with Crippen LogP contribution in [0.15, 0.2) is 53.5 Å². The Morgan fingerprint density at radius 1 is 1.10 bits per heavy atom. The van der Waals surface area contributed by atoms with Gasteiger partial charge in [0.05, 0.1) is 20.3 Å². The maximum Gasteiger partial charge on any atom is 0.387 e. The van der Waals surface area contributed by atoms with Crippen molar-refractivity contribution in [3.05, 3.63) is 59.7 Å². The number of rotatable bonds is 10. The van der Waals surface area contributed by atoms with Crippen molar-refractivity contribution in [3.63, 3.8) is 0 Å². The zero-order valence-corrected chi connectivity index (χ0v) is 18.7. The molecule has 2 N–H and O–H groups in total. The van der Waals surface area contributed by atoms with E-state index in [-0.39, 0.29) is 36.3 Å². The fourth-order valence-corrected chi connectivity index (χ4v) is 2.44. The minimum atomic E-state index is -2.90. The molecule has 0 aliphatic carbocycles. The Morgan fingerprint density at radius 3 is 2.52 bits per heavy atom. The Balaban J connectivity index is 0.00000420. The predicted molar refractivity (Wildman–Crippen MR) is 119 cm³/mol. The number of hydrogen-bond acceptors (Lipinski definition) is 4. The van der Waals surface area contributed by atoms with Crippen LogP contribution in [0.4, 0.5) is 8.78 Å². The van der Waals surface area contributed by atoms with Crippen molar-refractivity contribution >= 4 is 29.9 Å². The second-order valence-corrected chi connectivity index (χ2v) is 5.74. The Labute approximate surface area is 186 Å². The highest BCUT2D eigenvalue weighted by Crippen LogP contribution is 2.25. The minimum absolute atomic E-state index is 0. The molecule has 0 aromatic heterocycles. The monoisotopic (exact) mass is 521 g/mol. The number of ether oxygens (including phenoxy) is 3. The van der Waals surface area contributed by atoms with E-state index >= 15 is 0 Å². The maximum absolute atomic E-state index is 12.6. The van der Waals surface area contributed by atoms with Crippen LogP contribution < -0.4 is 20.1 Å². The molecule has 0 bridgehead atoms. The molecular weight excluding hydrogens is 495 g/mol. The lowest BCUT2D eigenvalue weighted by Gasteiger charge is -2.15. The predicted octanol–water partition coefficient (Wildman–Crippen LogP) is 3.80. The van der Waals surface area contributed by atoms with Gasteiger partial charge in [0, 0.05) is 25.7 Å². The van der Waals surface area contributed by atoms with E-state index in [2.05, 4.69) is 20.4 Å². The number of nitrogens with one attached hydrogen (secondary N) is 2. The first-order chi connectivity index (χ1) is 13.6. The normalized spacial score (nSPS) is 11.0. The molecule has 0 radical (unpaired) electrons.